The predicted molar refractivity (Wildman–Crippen MR) is 104 cm³/mol. The summed E-state index contributed by atoms with van der Waals surface area (Å²) in [4.78, 5) is 11.8. The molecule has 1 aliphatic heterocycles. The van der Waals surface area contributed by atoms with Crippen molar-refractivity contribution >= 4 is 5.96 Å². The molecule has 1 aromatic heterocycles. The molecule has 1 aromatic rings. The van der Waals surface area contributed by atoms with Crippen molar-refractivity contribution in [2.45, 2.75) is 63.3 Å². The fraction of sp³-hybridized carbons (Fsp3) is 0.700. The topological polar surface area (TPSA) is 66.5 Å². The lowest BCUT2D eigenvalue weighted by atomic mass is 9.79. The van der Waals surface area contributed by atoms with Gasteiger partial charge in [-0.1, -0.05) is 31.7 Å². The molecule has 2 fully saturated rings. The Hall–Kier alpha value is -1.62. The van der Waals surface area contributed by atoms with E-state index in [1.165, 1.54) is 64.5 Å². The Morgan fingerprint density at radius 1 is 1.12 bits per heavy atom. The average Bonchev–Trinajstić information content (AvgIpc) is 2.69. The van der Waals surface area contributed by atoms with Crippen molar-refractivity contribution in [3.63, 3.8) is 0 Å². The number of hydrogen-bond donors (Lipinski definition) is 2. The van der Waals surface area contributed by atoms with Gasteiger partial charge in [-0.15, -0.1) is 0 Å². The van der Waals surface area contributed by atoms with Crippen LogP contribution in [0.25, 0.3) is 0 Å². The second kappa shape index (κ2) is 9.18. The van der Waals surface area contributed by atoms with Crippen molar-refractivity contribution in [3.05, 3.63) is 30.1 Å². The monoisotopic (exact) mass is 343 g/mol. The SMILES string of the molecule is NC(=NCC1(N2CCCCC2)CCCCC1)NCCc1ccccn1. The summed E-state index contributed by atoms with van der Waals surface area (Å²) in [5.74, 6) is 0.581. The first-order valence-electron chi connectivity index (χ1n) is 9.97. The molecule has 0 spiro atoms. The van der Waals surface area contributed by atoms with Gasteiger partial charge < -0.3 is 11.1 Å². The molecule has 0 amide bonds. The zero-order chi connectivity index (χ0) is 17.4. The van der Waals surface area contributed by atoms with Crippen LogP contribution in [0.4, 0.5) is 0 Å². The lowest BCUT2D eigenvalue weighted by Gasteiger charge is -2.47. The Balaban J connectivity index is 1.52. The first-order valence-corrected chi connectivity index (χ1v) is 9.97. The molecule has 3 rings (SSSR count). The number of aliphatic imine (C=N–C) groups is 1. The van der Waals surface area contributed by atoms with E-state index in [0.717, 1.165) is 25.2 Å². The molecule has 138 valence electrons. The van der Waals surface area contributed by atoms with Gasteiger partial charge in [0.05, 0.1) is 6.54 Å². The largest absolute Gasteiger partial charge is 0.370 e. The van der Waals surface area contributed by atoms with Gasteiger partial charge in [-0.25, -0.2) is 0 Å². The number of rotatable bonds is 6. The molecule has 5 nitrogen and oxygen atoms in total. The molecule has 5 heteroatoms. The molecule has 0 aromatic carbocycles. The van der Waals surface area contributed by atoms with Gasteiger partial charge in [0.25, 0.3) is 0 Å². The highest BCUT2D eigenvalue weighted by atomic mass is 15.2. The molecular weight excluding hydrogens is 310 g/mol. The fourth-order valence-corrected chi connectivity index (χ4v) is 4.31. The summed E-state index contributed by atoms with van der Waals surface area (Å²) in [7, 11) is 0. The number of piperidine rings is 1. The Bertz CT molecular complexity index is 530. The van der Waals surface area contributed by atoms with E-state index >= 15 is 0 Å². The molecule has 3 N–H and O–H groups in total. The van der Waals surface area contributed by atoms with Gasteiger partial charge in [0.2, 0.25) is 0 Å². The van der Waals surface area contributed by atoms with Crippen LogP contribution < -0.4 is 11.1 Å². The molecule has 0 bridgehead atoms. The smallest absolute Gasteiger partial charge is 0.188 e. The summed E-state index contributed by atoms with van der Waals surface area (Å²) in [5.41, 5.74) is 7.48. The fourth-order valence-electron chi connectivity index (χ4n) is 4.31. The zero-order valence-electron chi connectivity index (χ0n) is 15.4. The molecule has 2 heterocycles. The van der Waals surface area contributed by atoms with Crippen LogP contribution in [-0.2, 0) is 6.42 Å². The summed E-state index contributed by atoms with van der Waals surface area (Å²) in [6, 6.07) is 6.00. The molecular formula is C20H33N5. The number of pyridine rings is 1. The molecule has 1 saturated carbocycles. The molecule has 0 atom stereocenters. The molecule has 1 saturated heterocycles. The van der Waals surface area contributed by atoms with E-state index in [-0.39, 0.29) is 5.54 Å². The maximum atomic E-state index is 6.14. The van der Waals surface area contributed by atoms with Crippen LogP contribution in [-0.4, -0.2) is 47.6 Å². The summed E-state index contributed by atoms with van der Waals surface area (Å²) >= 11 is 0. The highest BCUT2D eigenvalue weighted by Crippen LogP contribution is 2.35. The van der Waals surface area contributed by atoms with Crippen LogP contribution in [0.3, 0.4) is 0 Å². The van der Waals surface area contributed by atoms with Crippen molar-refractivity contribution in [3.8, 4) is 0 Å². The van der Waals surface area contributed by atoms with Crippen LogP contribution >= 0.6 is 0 Å². The zero-order valence-corrected chi connectivity index (χ0v) is 15.4. The van der Waals surface area contributed by atoms with Crippen LogP contribution in [0.15, 0.2) is 29.4 Å². The average molecular weight is 344 g/mol. The third-order valence-electron chi connectivity index (χ3n) is 5.77. The van der Waals surface area contributed by atoms with Gasteiger partial charge >= 0.3 is 0 Å². The normalized spacial score (nSPS) is 21.8. The minimum absolute atomic E-state index is 0.256. The van der Waals surface area contributed by atoms with E-state index in [1.807, 2.05) is 24.4 Å². The third-order valence-corrected chi connectivity index (χ3v) is 5.77. The predicted octanol–water partition coefficient (Wildman–Crippen LogP) is 2.72. The van der Waals surface area contributed by atoms with Gasteiger partial charge in [-0.05, 0) is 50.9 Å². The molecule has 0 unspecified atom stereocenters. The summed E-state index contributed by atoms with van der Waals surface area (Å²) in [6.07, 6.45) is 13.3. The van der Waals surface area contributed by atoms with Crippen LogP contribution in [0.5, 0.6) is 0 Å². The van der Waals surface area contributed by atoms with E-state index in [9.17, 15) is 0 Å². The number of nitrogens with two attached hydrogens (primary N) is 1. The second-order valence-electron chi connectivity index (χ2n) is 7.53. The van der Waals surface area contributed by atoms with Crippen molar-refractivity contribution in [2.75, 3.05) is 26.2 Å². The Kier molecular flexibility index (Phi) is 6.68. The number of nitrogens with one attached hydrogen (secondary N) is 1. The van der Waals surface area contributed by atoms with E-state index in [0.29, 0.717) is 5.96 Å². The summed E-state index contributed by atoms with van der Waals surface area (Å²) < 4.78 is 0. The number of nitrogens with zero attached hydrogens (tertiary/aromatic N) is 3. The quantitative estimate of drug-likeness (QED) is 0.616. The van der Waals surface area contributed by atoms with Gasteiger partial charge in [0.15, 0.2) is 5.96 Å². The van der Waals surface area contributed by atoms with Gasteiger partial charge in [0, 0.05) is 30.4 Å². The van der Waals surface area contributed by atoms with Gasteiger partial charge in [-0.3, -0.25) is 14.9 Å². The molecule has 25 heavy (non-hydrogen) atoms. The van der Waals surface area contributed by atoms with Crippen LogP contribution in [0.2, 0.25) is 0 Å². The minimum atomic E-state index is 0.256. The number of guanidine groups is 1. The Morgan fingerprint density at radius 3 is 2.60 bits per heavy atom. The van der Waals surface area contributed by atoms with Crippen molar-refractivity contribution < 1.29 is 0 Å². The number of hydrogen-bond acceptors (Lipinski definition) is 3. The molecule has 0 radical (unpaired) electrons. The van der Waals surface area contributed by atoms with Crippen molar-refractivity contribution in [1.29, 1.82) is 0 Å². The number of aromatic nitrogens is 1. The van der Waals surface area contributed by atoms with E-state index < -0.39 is 0 Å². The first-order chi connectivity index (χ1) is 12.3. The van der Waals surface area contributed by atoms with Crippen LogP contribution in [0.1, 0.15) is 57.1 Å². The Morgan fingerprint density at radius 2 is 1.88 bits per heavy atom. The first kappa shape index (κ1) is 18.2. The maximum absolute atomic E-state index is 6.14. The Labute approximate surface area is 152 Å². The lowest BCUT2D eigenvalue weighted by molar-refractivity contribution is 0.0407. The standard InChI is InChI=1S/C20H33N5/c21-19(23-14-10-18-9-3-6-13-22-18)24-17-20(11-4-1-5-12-20)25-15-7-2-8-16-25/h3,6,9,13H,1-2,4-5,7-8,10-12,14-17H2,(H3,21,23,24). The molecule has 2 aliphatic rings. The molecule has 1 aliphatic carbocycles. The number of likely N-dealkylation sites (tertiary alicyclic amines) is 1. The van der Waals surface area contributed by atoms with Gasteiger partial charge in [0.1, 0.15) is 0 Å². The summed E-state index contributed by atoms with van der Waals surface area (Å²) in [5, 5.41) is 3.26. The van der Waals surface area contributed by atoms with Crippen molar-refractivity contribution in [1.82, 2.24) is 15.2 Å². The van der Waals surface area contributed by atoms with Crippen molar-refractivity contribution in [2.24, 2.45) is 10.7 Å². The van der Waals surface area contributed by atoms with E-state index in [2.05, 4.69) is 15.2 Å². The second-order valence-corrected chi connectivity index (χ2v) is 7.53. The van der Waals surface area contributed by atoms with Gasteiger partial charge in [-0.2, -0.15) is 0 Å². The van der Waals surface area contributed by atoms with E-state index in [4.69, 9.17) is 10.7 Å². The van der Waals surface area contributed by atoms with Crippen LogP contribution in [0, 0.1) is 0 Å². The minimum Gasteiger partial charge on any atom is -0.370 e. The maximum Gasteiger partial charge on any atom is 0.188 e. The summed E-state index contributed by atoms with van der Waals surface area (Å²) in [6.45, 7) is 4.10. The third kappa shape index (κ3) is 5.18. The van der Waals surface area contributed by atoms with E-state index in [1.54, 1.807) is 0 Å². The highest BCUT2D eigenvalue weighted by Gasteiger charge is 2.38. The highest BCUT2D eigenvalue weighted by molar-refractivity contribution is 5.77. The lowest BCUT2D eigenvalue weighted by Crippen LogP contribution is -2.54.